The molecule has 3 saturated heterocycles. The lowest BCUT2D eigenvalue weighted by atomic mass is 9.92. The highest BCUT2D eigenvalue weighted by Gasteiger charge is 2.62. The first-order valence-corrected chi connectivity index (χ1v) is 10.4. The summed E-state index contributed by atoms with van der Waals surface area (Å²) in [6.07, 6.45) is -0.350. The van der Waals surface area contributed by atoms with E-state index in [2.05, 4.69) is 5.32 Å². The minimum atomic E-state index is -0.571. The number of ether oxygens (including phenoxy) is 3. The number of carbonyl (C=O) groups excluding carboxylic acids is 3. The maximum atomic E-state index is 14.9. The number of rotatable bonds is 6. The molecule has 9 nitrogen and oxygen atoms in total. The average molecular weight is 435 g/mol. The first kappa shape index (κ1) is 21.4. The number of esters is 1. The lowest BCUT2D eigenvalue weighted by molar-refractivity contribution is -0.144. The van der Waals surface area contributed by atoms with Crippen LogP contribution in [0.3, 0.4) is 0 Å². The number of anilines is 2. The third-order valence-electron chi connectivity index (χ3n) is 5.92. The Hall–Kier alpha value is -2.88. The van der Waals surface area contributed by atoms with Crippen LogP contribution in [0.15, 0.2) is 18.2 Å². The molecule has 168 valence electrons. The molecule has 0 saturated carbocycles. The van der Waals surface area contributed by atoms with E-state index in [1.54, 1.807) is 19.1 Å². The van der Waals surface area contributed by atoms with Crippen molar-refractivity contribution in [1.29, 1.82) is 0 Å². The van der Waals surface area contributed by atoms with Crippen LogP contribution in [-0.2, 0) is 23.8 Å². The van der Waals surface area contributed by atoms with Crippen LogP contribution in [0.2, 0.25) is 0 Å². The molecule has 31 heavy (non-hydrogen) atoms. The molecule has 3 aliphatic rings. The minimum absolute atomic E-state index is 0.210. The van der Waals surface area contributed by atoms with Crippen molar-refractivity contribution in [3.63, 3.8) is 0 Å². The summed E-state index contributed by atoms with van der Waals surface area (Å²) >= 11 is 0. The van der Waals surface area contributed by atoms with E-state index in [-0.39, 0.29) is 25.0 Å². The van der Waals surface area contributed by atoms with E-state index in [4.69, 9.17) is 14.2 Å². The minimum Gasteiger partial charge on any atom is -0.464 e. The number of piperidine rings is 1. The van der Waals surface area contributed by atoms with Crippen LogP contribution in [0.25, 0.3) is 0 Å². The quantitative estimate of drug-likeness (QED) is 0.535. The second-order valence-corrected chi connectivity index (χ2v) is 7.99. The van der Waals surface area contributed by atoms with Crippen LogP contribution < -0.4 is 15.1 Å². The number of hydrogen-bond donors (Lipinski definition) is 1. The van der Waals surface area contributed by atoms with Crippen LogP contribution in [0.1, 0.15) is 26.7 Å². The lowest BCUT2D eigenvalue weighted by Crippen LogP contribution is -2.40. The molecule has 2 amide bonds. The van der Waals surface area contributed by atoms with Crippen LogP contribution in [-0.4, -0.2) is 68.6 Å². The van der Waals surface area contributed by atoms with Gasteiger partial charge in [-0.2, -0.15) is 0 Å². The fourth-order valence-electron chi connectivity index (χ4n) is 4.20. The van der Waals surface area contributed by atoms with Gasteiger partial charge in [-0.05, 0) is 38.0 Å². The fourth-order valence-corrected chi connectivity index (χ4v) is 4.20. The third kappa shape index (κ3) is 4.30. The van der Waals surface area contributed by atoms with Crippen molar-refractivity contribution in [2.45, 2.75) is 44.5 Å². The van der Waals surface area contributed by atoms with Gasteiger partial charge in [-0.15, -0.1) is 0 Å². The van der Waals surface area contributed by atoms with E-state index in [9.17, 15) is 18.8 Å². The van der Waals surface area contributed by atoms with Gasteiger partial charge in [0.1, 0.15) is 17.5 Å². The number of hydrogen-bond acceptors (Lipinski definition) is 7. The van der Waals surface area contributed by atoms with Gasteiger partial charge < -0.3 is 24.4 Å². The number of nitrogens with zero attached hydrogens (tertiary/aromatic N) is 2. The van der Waals surface area contributed by atoms with Gasteiger partial charge in [0.05, 0.1) is 31.1 Å². The smallest absolute Gasteiger partial charge is 0.414 e. The standard InChI is InChI=1S/C21H26FN3O6/c1-3-29-19(27)18-21(31-18)6-8-24(9-7-21)17-5-4-14(10-16(17)22)25-12-15(30-20(25)28)11-23-13(2)26/h4-5,10,15,18H,3,6-9,11-12H2,1-2H3,(H,23,26). The van der Waals surface area contributed by atoms with Crippen molar-refractivity contribution in [2.24, 2.45) is 0 Å². The topological polar surface area (TPSA) is 101 Å². The number of nitrogens with one attached hydrogen (secondary N) is 1. The van der Waals surface area contributed by atoms with Crippen LogP contribution in [0.5, 0.6) is 0 Å². The monoisotopic (exact) mass is 435 g/mol. The third-order valence-corrected chi connectivity index (χ3v) is 5.92. The zero-order valence-corrected chi connectivity index (χ0v) is 17.6. The van der Waals surface area contributed by atoms with Gasteiger partial charge in [-0.1, -0.05) is 0 Å². The van der Waals surface area contributed by atoms with Gasteiger partial charge in [0, 0.05) is 20.0 Å². The average Bonchev–Trinajstić information content (AvgIpc) is 3.30. The zero-order chi connectivity index (χ0) is 22.2. The van der Waals surface area contributed by atoms with Crippen molar-refractivity contribution in [1.82, 2.24) is 5.32 Å². The summed E-state index contributed by atoms with van der Waals surface area (Å²) in [6, 6.07) is 4.64. The maximum Gasteiger partial charge on any atom is 0.414 e. The normalized spacial score (nSPS) is 24.2. The molecule has 1 aromatic carbocycles. The Morgan fingerprint density at radius 2 is 2.06 bits per heavy atom. The predicted octanol–water partition coefficient (Wildman–Crippen LogP) is 1.59. The second kappa shape index (κ2) is 8.33. The number of halogens is 1. The highest BCUT2D eigenvalue weighted by atomic mass is 19.1. The molecular formula is C21H26FN3O6. The maximum absolute atomic E-state index is 14.9. The van der Waals surface area contributed by atoms with E-state index < -0.39 is 29.7 Å². The van der Waals surface area contributed by atoms with Crippen molar-refractivity contribution in [3.8, 4) is 0 Å². The Morgan fingerprint density at radius 1 is 1.32 bits per heavy atom. The van der Waals surface area contributed by atoms with Gasteiger partial charge in [0.25, 0.3) is 0 Å². The first-order valence-electron chi connectivity index (χ1n) is 10.4. The fraction of sp³-hybridized carbons (Fsp3) is 0.571. The Balaban J connectivity index is 1.36. The van der Waals surface area contributed by atoms with Gasteiger partial charge in [-0.3, -0.25) is 9.69 Å². The SMILES string of the molecule is CCOC(=O)C1OC12CCN(c1ccc(N3CC(CNC(C)=O)OC3=O)cc1F)CC2. The molecule has 0 radical (unpaired) electrons. The van der Waals surface area contributed by atoms with Gasteiger partial charge in [-0.25, -0.2) is 14.0 Å². The molecule has 10 heteroatoms. The Morgan fingerprint density at radius 3 is 2.71 bits per heavy atom. The molecule has 0 aliphatic carbocycles. The molecule has 3 fully saturated rings. The van der Waals surface area contributed by atoms with Gasteiger partial charge >= 0.3 is 12.1 Å². The van der Waals surface area contributed by atoms with Gasteiger partial charge in [0.15, 0.2) is 6.10 Å². The number of carbonyl (C=O) groups is 3. The Kier molecular flexibility index (Phi) is 5.74. The summed E-state index contributed by atoms with van der Waals surface area (Å²) in [5, 5.41) is 2.61. The molecule has 0 aromatic heterocycles. The summed E-state index contributed by atoms with van der Waals surface area (Å²) in [4.78, 5) is 38.3. The highest BCUT2D eigenvalue weighted by molar-refractivity contribution is 5.90. The van der Waals surface area contributed by atoms with Crippen molar-refractivity contribution in [3.05, 3.63) is 24.0 Å². The summed E-state index contributed by atoms with van der Waals surface area (Å²) < 4.78 is 30.8. The predicted molar refractivity (Wildman–Crippen MR) is 108 cm³/mol. The lowest BCUT2D eigenvalue weighted by Gasteiger charge is -2.32. The summed E-state index contributed by atoms with van der Waals surface area (Å²) in [6.45, 7) is 5.01. The van der Waals surface area contributed by atoms with Gasteiger partial charge in [0.2, 0.25) is 5.91 Å². The van der Waals surface area contributed by atoms with E-state index >= 15 is 0 Å². The van der Waals surface area contributed by atoms with E-state index in [0.717, 1.165) is 0 Å². The molecule has 4 rings (SSSR count). The summed E-state index contributed by atoms with van der Waals surface area (Å²) in [5.74, 6) is -0.982. The first-order chi connectivity index (χ1) is 14.8. The van der Waals surface area contributed by atoms with Crippen molar-refractivity contribution >= 4 is 29.3 Å². The van der Waals surface area contributed by atoms with Crippen molar-refractivity contribution in [2.75, 3.05) is 42.6 Å². The highest BCUT2D eigenvalue weighted by Crippen LogP contribution is 2.46. The van der Waals surface area contributed by atoms with Crippen molar-refractivity contribution < 1.29 is 33.0 Å². The molecule has 3 heterocycles. The zero-order valence-electron chi connectivity index (χ0n) is 17.6. The molecule has 1 aromatic rings. The number of benzene rings is 1. The number of cyclic esters (lactones) is 1. The largest absolute Gasteiger partial charge is 0.464 e. The Bertz CT molecular complexity index is 886. The van der Waals surface area contributed by atoms with E-state index in [0.29, 0.717) is 43.9 Å². The van der Waals surface area contributed by atoms with Crippen LogP contribution in [0, 0.1) is 5.82 Å². The van der Waals surface area contributed by atoms with E-state index in [1.807, 2.05) is 4.90 Å². The van der Waals surface area contributed by atoms with Crippen LogP contribution >= 0.6 is 0 Å². The molecule has 2 atom stereocenters. The summed E-state index contributed by atoms with van der Waals surface area (Å²) in [7, 11) is 0. The Labute approximate surface area is 179 Å². The number of amides is 2. The molecular weight excluding hydrogens is 409 g/mol. The molecule has 0 bridgehead atoms. The second-order valence-electron chi connectivity index (χ2n) is 7.99. The molecule has 1 N–H and O–H groups in total. The molecule has 2 unspecified atom stereocenters. The van der Waals surface area contributed by atoms with E-state index in [1.165, 1.54) is 17.9 Å². The molecule has 3 aliphatic heterocycles. The van der Waals surface area contributed by atoms with Crippen LogP contribution in [0.4, 0.5) is 20.6 Å². The number of epoxide rings is 1. The molecule has 1 spiro atoms. The summed E-state index contributed by atoms with van der Waals surface area (Å²) in [5.41, 5.74) is 0.355.